The lowest BCUT2D eigenvalue weighted by molar-refractivity contribution is 0.102. The fourth-order valence-electron chi connectivity index (χ4n) is 1.98. The molecular weight excluding hydrogens is 388 g/mol. The number of pyridine rings is 1. The van der Waals surface area contributed by atoms with Crippen molar-refractivity contribution in [2.24, 2.45) is 7.05 Å². The van der Waals surface area contributed by atoms with Gasteiger partial charge in [0.15, 0.2) is 0 Å². The fourth-order valence-corrected chi connectivity index (χ4v) is 2.36. The first-order valence-corrected chi connectivity index (χ1v) is 8.06. The van der Waals surface area contributed by atoms with Crippen molar-refractivity contribution in [3.05, 3.63) is 75.2 Å². The summed E-state index contributed by atoms with van der Waals surface area (Å²) in [7, 11) is 1.48. The summed E-state index contributed by atoms with van der Waals surface area (Å²) in [4.78, 5) is 27.6. The third-order valence-electron chi connectivity index (χ3n) is 3.21. The molecule has 0 fully saturated rings. The number of aryl methyl sites for hydroxylation is 1. The molecule has 2 heterocycles. The molecule has 1 amide bonds. The molecule has 126 valence electrons. The van der Waals surface area contributed by atoms with E-state index < -0.39 is 5.91 Å². The molecule has 1 N–H and O–H groups in total. The zero-order chi connectivity index (χ0) is 17.8. The minimum absolute atomic E-state index is 0.136. The molecule has 0 saturated heterocycles. The van der Waals surface area contributed by atoms with E-state index in [0.717, 1.165) is 9.15 Å². The van der Waals surface area contributed by atoms with E-state index >= 15 is 0 Å². The Morgan fingerprint density at radius 1 is 1.20 bits per heavy atom. The second-order valence-corrected chi connectivity index (χ2v) is 5.99. The van der Waals surface area contributed by atoms with Crippen LogP contribution in [-0.4, -0.2) is 20.7 Å². The van der Waals surface area contributed by atoms with E-state index in [0.29, 0.717) is 17.3 Å². The summed E-state index contributed by atoms with van der Waals surface area (Å²) in [5.74, 6) is 0.613. The van der Waals surface area contributed by atoms with Crippen molar-refractivity contribution in [2.45, 2.75) is 0 Å². The number of ether oxygens (including phenoxy) is 1. The third-order valence-corrected chi connectivity index (χ3v) is 3.70. The molecule has 0 atom stereocenters. The number of carbonyl (C=O) groups is 1. The molecular formula is C17H13BrN4O3. The lowest BCUT2D eigenvalue weighted by atomic mass is 10.3. The van der Waals surface area contributed by atoms with Crippen molar-refractivity contribution in [2.75, 3.05) is 5.32 Å². The Labute approximate surface area is 151 Å². The number of anilines is 1. The van der Waals surface area contributed by atoms with E-state index in [2.05, 4.69) is 31.3 Å². The maximum Gasteiger partial charge on any atom is 0.276 e. The predicted octanol–water partition coefficient (Wildman–Crippen LogP) is 2.98. The Balaban J connectivity index is 1.68. The van der Waals surface area contributed by atoms with Gasteiger partial charge in [0.05, 0.1) is 11.9 Å². The molecule has 3 rings (SSSR count). The summed E-state index contributed by atoms with van der Waals surface area (Å²) in [5, 5.41) is 6.56. The molecule has 0 aliphatic heterocycles. The van der Waals surface area contributed by atoms with E-state index in [1.807, 2.05) is 24.3 Å². The molecule has 0 aliphatic rings. The predicted molar refractivity (Wildman–Crippen MR) is 95.9 cm³/mol. The van der Waals surface area contributed by atoms with E-state index in [4.69, 9.17) is 4.74 Å². The molecule has 8 heteroatoms. The number of carbonyl (C=O) groups excluding carboxylic acids is 1. The second kappa shape index (κ2) is 7.27. The number of hydrogen-bond acceptors (Lipinski definition) is 5. The first-order valence-electron chi connectivity index (χ1n) is 7.26. The maximum absolute atomic E-state index is 12.1. The van der Waals surface area contributed by atoms with Crippen molar-refractivity contribution in [3.8, 4) is 11.6 Å². The van der Waals surface area contributed by atoms with Crippen molar-refractivity contribution in [1.82, 2.24) is 14.8 Å². The third kappa shape index (κ3) is 4.30. The molecule has 25 heavy (non-hydrogen) atoms. The van der Waals surface area contributed by atoms with E-state index in [9.17, 15) is 9.59 Å². The van der Waals surface area contributed by atoms with E-state index in [1.54, 1.807) is 12.1 Å². The summed E-state index contributed by atoms with van der Waals surface area (Å²) in [6.45, 7) is 0. The molecule has 0 unspecified atom stereocenters. The summed E-state index contributed by atoms with van der Waals surface area (Å²) < 4.78 is 7.63. The monoisotopic (exact) mass is 400 g/mol. The number of aromatic nitrogens is 3. The standard InChI is InChI=1S/C17H13BrN4O3/c1-22-16(23)8-6-14(21-22)17(24)20-12-5-7-15(19-10-12)25-13-4-2-3-11(18)9-13/h2-10H,1H3,(H,20,24). The molecule has 7 nitrogen and oxygen atoms in total. The summed E-state index contributed by atoms with van der Waals surface area (Å²) in [6, 6.07) is 13.4. The molecule has 1 aromatic carbocycles. The Morgan fingerprint density at radius 2 is 2.04 bits per heavy atom. The SMILES string of the molecule is Cn1nc(C(=O)Nc2ccc(Oc3cccc(Br)c3)nc2)ccc1=O. The van der Waals surface area contributed by atoms with Crippen LogP contribution in [0.3, 0.4) is 0 Å². The minimum atomic E-state index is -0.432. The number of nitrogens with one attached hydrogen (secondary N) is 1. The first-order chi connectivity index (χ1) is 12.0. The van der Waals surface area contributed by atoms with Crippen LogP contribution in [0.25, 0.3) is 0 Å². The lowest BCUT2D eigenvalue weighted by Gasteiger charge is -2.07. The van der Waals surface area contributed by atoms with Gasteiger partial charge in [-0.15, -0.1) is 0 Å². The van der Waals surface area contributed by atoms with Crippen LogP contribution in [0.2, 0.25) is 0 Å². The van der Waals surface area contributed by atoms with Gasteiger partial charge in [0.1, 0.15) is 11.4 Å². The van der Waals surface area contributed by atoms with Crippen molar-refractivity contribution in [1.29, 1.82) is 0 Å². The number of amides is 1. The first kappa shape index (κ1) is 16.8. The zero-order valence-electron chi connectivity index (χ0n) is 13.1. The van der Waals surface area contributed by atoms with Crippen LogP contribution in [0.1, 0.15) is 10.5 Å². The molecule has 3 aromatic rings. The van der Waals surface area contributed by atoms with Gasteiger partial charge >= 0.3 is 0 Å². The zero-order valence-corrected chi connectivity index (χ0v) is 14.7. The van der Waals surface area contributed by atoms with Crippen LogP contribution in [0.15, 0.2) is 64.0 Å². The molecule has 0 saturated carbocycles. The van der Waals surface area contributed by atoms with E-state index in [-0.39, 0.29) is 11.3 Å². The van der Waals surface area contributed by atoms with Gasteiger partial charge < -0.3 is 10.1 Å². The van der Waals surface area contributed by atoms with Gasteiger partial charge in [-0.1, -0.05) is 22.0 Å². The number of rotatable bonds is 4. The van der Waals surface area contributed by atoms with Crippen LogP contribution in [0, 0.1) is 0 Å². The van der Waals surface area contributed by atoms with Crippen molar-refractivity contribution < 1.29 is 9.53 Å². The van der Waals surface area contributed by atoms with Gasteiger partial charge in [0, 0.05) is 23.7 Å². The van der Waals surface area contributed by atoms with Gasteiger partial charge in [-0.05, 0) is 30.3 Å². The van der Waals surface area contributed by atoms with Crippen LogP contribution >= 0.6 is 15.9 Å². The number of nitrogens with zero attached hydrogens (tertiary/aromatic N) is 3. The van der Waals surface area contributed by atoms with Crippen LogP contribution < -0.4 is 15.6 Å². The van der Waals surface area contributed by atoms with Crippen LogP contribution in [-0.2, 0) is 7.05 Å². The molecule has 0 aliphatic carbocycles. The average molecular weight is 401 g/mol. The van der Waals surface area contributed by atoms with Gasteiger partial charge in [0.2, 0.25) is 5.88 Å². The Morgan fingerprint density at radius 3 is 2.72 bits per heavy atom. The van der Waals surface area contributed by atoms with E-state index in [1.165, 1.54) is 25.4 Å². The number of hydrogen-bond donors (Lipinski definition) is 1. The van der Waals surface area contributed by atoms with Gasteiger partial charge in [-0.25, -0.2) is 9.67 Å². The molecule has 2 aromatic heterocycles. The smallest absolute Gasteiger partial charge is 0.276 e. The number of halogens is 1. The van der Waals surface area contributed by atoms with Gasteiger partial charge in [0.25, 0.3) is 11.5 Å². The summed E-state index contributed by atoms with van der Waals surface area (Å²) in [5.41, 5.74) is 0.339. The average Bonchev–Trinajstić information content (AvgIpc) is 2.59. The minimum Gasteiger partial charge on any atom is -0.439 e. The Bertz CT molecular complexity index is 970. The normalized spacial score (nSPS) is 10.3. The summed E-state index contributed by atoms with van der Waals surface area (Å²) in [6.07, 6.45) is 1.48. The summed E-state index contributed by atoms with van der Waals surface area (Å²) >= 11 is 3.37. The highest BCUT2D eigenvalue weighted by Crippen LogP contribution is 2.23. The highest BCUT2D eigenvalue weighted by Gasteiger charge is 2.09. The topological polar surface area (TPSA) is 86.1 Å². The molecule has 0 bridgehead atoms. The van der Waals surface area contributed by atoms with Gasteiger partial charge in [-0.3, -0.25) is 9.59 Å². The highest BCUT2D eigenvalue weighted by molar-refractivity contribution is 9.10. The fraction of sp³-hybridized carbons (Fsp3) is 0.0588. The van der Waals surface area contributed by atoms with Crippen molar-refractivity contribution >= 4 is 27.5 Å². The van der Waals surface area contributed by atoms with Crippen LogP contribution in [0.4, 0.5) is 5.69 Å². The molecule has 0 radical (unpaired) electrons. The number of benzene rings is 1. The quantitative estimate of drug-likeness (QED) is 0.727. The van der Waals surface area contributed by atoms with Crippen molar-refractivity contribution in [3.63, 3.8) is 0 Å². The lowest BCUT2D eigenvalue weighted by Crippen LogP contribution is -2.23. The Kier molecular flexibility index (Phi) is 4.90. The Hall–Kier alpha value is -3.00. The van der Waals surface area contributed by atoms with Crippen LogP contribution in [0.5, 0.6) is 11.6 Å². The highest BCUT2D eigenvalue weighted by atomic mass is 79.9. The van der Waals surface area contributed by atoms with Gasteiger partial charge in [-0.2, -0.15) is 5.10 Å². The largest absolute Gasteiger partial charge is 0.439 e. The molecule has 0 spiro atoms. The second-order valence-electron chi connectivity index (χ2n) is 5.08. The maximum atomic E-state index is 12.1.